The van der Waals surface area contributed by atoms with Crippen LogP contribution in [0.15, 0.2) is 23.2 Å². The van der Waals surface area contributed by atoms with Crippen LogP contribution in [0.5, 0.6) is 0 Å². The molecule has 1 aromatic carbocycles. The number of nitrogens with two attached hydrogens (primary N) is 1. The van der Waals surface area contributed by atoms with Crippen LogP contribution in [0.3, 0.4) is 0 Å². The molecule has 0 saturated carbocycles. The van der Waals surface area contributed by atoms with E-state index in [1.807, 2.05) is 0 Å². The van der Waals surface area contributed by atoms with Gasteiger partial charge < -0.3 is 5.73 Å². The largest absolute Gasteiger partial charge is 0.416 e. The molecule has 4 nitrogen and oxygen atoms in total. The van der Waals surface area contributed by atoms with Crippen LogP contribution in [-0.4, -0.2) is 35.0 Å². The van der Waals surface area contributed by atoms with Gasteiger partial charge in [-0.3, -0.25) is 15.3 Å². The van der Waals surface area contributed by atoms with E-state index < -0.39 is 17.8 Å². The highest BCUT2D eigenvalue weighted by molar-refractivity contribution is 6.64. The molecule has 1 aromatic rings. The van der Waals surface area contributed by atoms with Crippen LogP contribution >= 0.6 is 23.2 Å². The summed E-state index contributed by atoms with van der Waals surface area (Å²) >= 11 is 11.5. The van der Waals surface area contributed by atoms with Gasteiger partial charge in [0.2, 0.25) is 0 Å². The van der Waals surface area contributed by atoms with Crippen molar-refractivity contribution in [3.63, 3.8) is 0 Å². The third-order valence-electron chi connectivity index (χ3n) is 3.58. The predicted molar refractivity (Wildman–Crippen MR) is 85.3 cm³/mol. The minimum Gasteiger partial charge on any atom is -0.386 e. The van der Waals surface area contributed by atoms with Crippen molar-refractivity contribution >= 4 is 34.2 Å². The van der Waals surface area contributed by atoms with Crippen LogP contribution < -0.4 is 5.73 Å². The Hall–Kier alpha value is -1.31. The smallest absolute Gasteiger partial charge is 0.386 e. The summed E-state index contributed by atoms with van der Waals surface area (Å²) < 4.78 is 39.5. The Morgan fingerprint density at radius 1 is 1.43 bits per heavy atom. The van der Waals surface area contributed by atoms with E-state index in [2.05, 4.69) is 4.99 Å². The van der Waals surface area contributed by atoms with Crippen molar-refractivity contribution in [3.8, 4) is 0 Å². The predicted octanol–water partition coefficient (Wildman–Crippen LogP) is 3.51. The summed E-state index contributed by atoms with van der Waals surface area (Å²) in [5.74, 6) is 0.275. The van der Waals surface area contributed by atoms with Gasteiger partial charge in [0, 0.05) is 24.5 Å². The van der Waals surface area contributed by atoms with Gasteiger partial charge in [-0.1, -0.05) is 23.2 Å². The molecule has 0 saturated heterocycles. The first kappa shape index (κ1) is 18.0. The Morgan fingerprint density at radius 2 is 2.13 bits per heavy atom. The van der Waals surface area contributed by atoms with Crippen LogP contribution in [0.4, 0.5) is 13.2 Å². The number of benzene rings is 1. The topological polar surface area (TPSA) is 65.5 Å². The van der Waals surface area contributed by atoms with Crippen molar-refractivity contribution in [2.45, 2.75) is 25.2 Å². The van der Waals surface area contributed by atoms with Crippen molar-refractivity contribution in [3.05, 3.63) is 34.3 Å². The number of nitrogens with zero attached hydrogens (tertiary/aromatic N) is 2. The molecule has 1 heterocycles. The van der Waals surface area contributed by atoms with Crippen LogP contribution in [-0.2, 0) is 12.7 Å². The van der Waals surface area contributed by atoms with E-state index in [4.69, 9.17) is 34.3 Å². The van der Waals surface area contributed by atoms with Crippen LogP contribution in [0, 0.1) is 5.41 Å². The molecule has 2 rings (SSSR count). The lowest BCUT2D eigenvalue weighted by Crippen LogP contribution is -2.49. The second-order valence-electron chi connectivity index (χ2n) is 5.20. The maximum Gasteiger partial charge on any atom is 0.416 e. The van der Waals surface area contributed by atoms with Crippen LogP contribution in [0.2, 0.25) is 5.02 Å². The van der Waals surface area contributed by atoms with Crippen LogP contribution in [0.1, 0.15) is 17.5 Å². The summed E-state index contributed by atoms with van der Waals surface area (Å²) in [6, 6.07) is 2.99. The fourth-order valence-corrected chi connectivity index (χ4v) is 2.88. The fraction of sp³-hybridized carbons (Fsp3) is 0.429. The average Bonchev–Trinajstić information content (AvgIpc) is 2.41. The Morgan fingerprint density at radius 3 is 2.74 bits per heavy atom. The van der Waals surface area contributed by atoms with Gasteiger partial charge in [-0.2, -0.15) is 13.2 Å². The van der Waals surface area contributed by atoms with Gasteiger partial charge in [0.1, 0.15) is 5.84 Å². The van der Waals surface area contributed by atoms with E-state index >= 15 is 0 Å². The van der Waals surface area contributed by atoms with Crippen molar-refractivity contribution in [2.75, 3.05) is 13.1 Å². The number of rotatable bonds is 4. The maximum absolute atomic E-state index is 13.2. The second kappa shape index (κ2) is 7.07. The normalized spacial score (nSPS) is 19.5. The summed E-state index contributed by atoms with van der Waals surface area (Å²) in [6.45, 7) is 0.819. The Kier molecular flexibility index (Phi) is 5.54. The summed E-state index contributed by atoms with van der Waals surface area (Å²) in [4.78, 5) is 5.83. The number of hydrogen-bond acceptors (Lipinski definition) is 4. The van der Waals surface area contributed by atoms with E-state index in [0.29, 0.717) is 13.1 Å². The Balaban J connectivity index is 2.32. The molecule has 1 unspecified atom stereocenters. The molecular weight excluding hydrogens is 352 g/mol. The van der Waals surface area contributed by atoms with Gasteiger partial charge >= 0.3 is 6.18 Å². The minimum absolute atomic E-state index is 0.000455. The zero-order valence-corrected chi connectivity index (χ0v) is 13.5. The second-order valence-corrected chi connectivity index (χ2v) is 6.09. The minimum atomic E-state index is -4.47. The van der Waals surface area contributed by atoms with Gasteiger partial charge in [0.25, 0.3) is 0 Å². The summed E-state index contributed by atoms with van der Waals surface area (Å²) in [5.41, 5.74) is 5.16. The monoisotopic (exact) mass is 366 g/mol. The number of nitrogens with one attached hydrogen (secondary N) is 1. The average molecular weight is 367 g/mol. The Labute approximate surface area is 141 Å². The highest BCUT2D eigenvalue weighted by Gasteiger charge is 2.35. The molecule has 126 valence electrons. The first-order chi connectivity index (χ1) is 10.7. The zero-order chi connectivity index (χ0) is 17.2. The Bertz CT molecular complexity index is 631. The molecule has 0 spiro atoms. The van der Waals surface area contributed by atoms with E-state index in [1.165, 1.54) is 12.1 Å². The number of hydrogen-bond donors (Lipinski definition) is 2. The van der Waals surface area contributed by atoms with Crippen molar-refractivity contribution < 1.29 is 13.2 Å². The standard InChI is InChI=1S/C14H15Cl2F3N4/c15-9-1-2-10(14(17,18)19)8(5-9)7-23-4-3-22-13(21)11(23)6-12(16)20/h1-2,5,11,20H,3-4,6-7H2,(H2,21,22). The SMILES string of the molecule is N=C(Cl)CC1C(N)=NCCN1Cc1cc(Cl)ccc1C(F)(F)F. The first-order valence-corrected chi connectivity index (χ1v) is 7.56. The number of amidine groups is 1. The molecule has 0 bridgehead atoms. The van der Waals surface area contributed by atoms with Gasteiger partial charge in [0.15, 0.2) is 0 Å². The van der Waals surface area contributed by atoms with Crippen LogP contribution in [0.25, 0.3) is 0 Å². The number of halogens is 5. The van der Waals surface area contributed by atoms with Crippen molar-refractivity contribution in [2.24, 2.45) is 10.7 Å². The lowest BCUT2D eigenvalue weighted by molar-refractivity contribution is -0.138. The lowest BCUT2D eigenvalue weighted by atomic mass is 10.0. The third kappa shape index (κ3) is 4.59. The van der Waals surface area contributed by atoms with E-state index in [-0.39, 0.29) is 34.6 Å². The molecule has 9 heteroatoms. The molecule has 1 atom stereocenters. The molecule has 0 aliphatic carbocycles. The molecule has 3 N–H and O–H groups in total. The molecule has 23 heavy (non-hydrogen) atoms. The highest BCUT2D eigenvalue weighted by atomic mass is 35.5. The van der Waals surface area contributed by atoms with Gasteiger partial charge in [-0.25, -0.2) is 0 Å². The molecule has 0 aromatic heterocycles. The quantitative estimate of drug-likeness (QED) is 0.800. The van der Waals surface area contributed by atoms with Gasteiger partial charge in [-0.05, 0) is 23.8 Å². The molecule has 1 aliphatic heterocycles. The third-order valence-corrected chi connectivity index (χ3v) is 3.97. The number of aliphatic imine (C=N–C) groups is 1. The van der Waals surface area contributed by atoms with E-state index in [9.17, 15) is 13.2 Å². The summed E-state index contributed by atoms with van der Waals surface area (Å²) in [5, 5.41) is 7.50. The maximum atomic E-state index is 13.2. The van der Waals surface area contributed by atoms with Crippen molar-refractivity contribution in [1.29, 1.82) is 5.41 Å². The molecule has 0 radical (unpaired) electrons. The van der Waals surface area contributed by atoms with E-state index in [0.717, 1.165) is 6.07 Å². The van der Waals surface area contributed by atoms with Gasteiger partial charge in [-0.15, -0.1) is 0 Å². The zero-order valence-electron chi connectivity index (χ0n) is 12.0. The van der Waals surface area contributed by atoms with E-state index in [1.54, 1.807) is 4.90 Å². The highest BCUT2D eigenvalue weighted by Crippen LogP contribution is 2.34. The van der Waals surface area contributed by atoms with Gasteiger partial charge in [0.05, 0.1) is 23.3 Å². The summed E-state index contributed by atoms with van der Waals surface area (Å²) in [6.07, 6.45) is -4.36. The lowest BCUT2D eigenvalue weighted by Gasteiger charge is -2.34. The molecular formula is C14H15Cl2F3N4. The fourth-order valence-electron chi connectivity index (χ4n) is 2.54. The molecule has 0 amide bonds. The molecule has 1 aliphatic rings. The van der Waals surface area contributed by atoms with Crippen molar-refractivity contribution in [1.82, 2.24) is 4.90 Å². The molecule has 0 fully saturated rings. The summed E-state index contributed by atoms with van der Waals surface area (Å²) in [7, 11) is 0. The first-order valence-electron chi connectivity index (χ1n) is 6.81. The number of alkyl halides is 3.